The summed E-state index contributed by atoms with van der Waals surface area (Å²) in [5, 5.41) is 0. The second kappa shape index (κ2) is 3.12. The van der Waals surface area contributed by atoms with Gasteiger partial charge >= 0.3 is 0 Å². The molecule has 0 amide bonds. The van der Waals surface area contributed by atoms with Crippen LogP contribution in [0.2, 0.25) is 0 Å². The second-order valence-corrected chi connectivity index (χ2v) is 3.64. The van der Waals surface area contributed by atoms with Gasteiger partial charge in [0, 0.05) is 18.6 Å². The quantitative estimate of drug-likeness (QED) is 0.506. The van der Waals surface area contributed by atoms with E-state index in [1.54, 1.807) is 0 Å². The van der Waals surface area contributed by atoms with E-state index in [0.717, 1.165) is 0 Å². The first-order chi connectivity index (χ1) is 4.34. The molecule has 1 aliphatic heterocycles. The molecule has 0 aromatic carbocycles. The molecule has 1 aliphatic rings. The SMILES string of the molecule is [C-]#[N+]C(C)C1CCSC1. The average molecular weight is 141 g/mol. The van der Waals surface area contributed by atoms with E-state index in [1.165, 1.54) is 17.9 Å². The van der Waals surface area contributed by atoms with Gasteiger partial charge in [-0.3, -0.25) is 0 Å². The van der Waals surface area contributed by atoms with Gasteiger partial charge in [0.1, 0.15) is 0 Å². The molecule has 1 saturated heterocycles. The summed E-state index contributed by atoms with van der Waals surface area (Å²) in [5.74, 6) is 3.17. The van der Waals surface area contributed by atoms with Crippen LogP contribution in [-0.4, -0.2) is 17.5 Å². The van der Waals surface area contributed by atoms with Gasteiger partial charge in [-0.25, -0.2) is 6.57 Å². The van der Waals surface area contributed by atoms with Crippen LogP contribution in [0.3, 0.4) is 0 Å². The summed E-state index contributed by atoms with van der Waals surface area (Å²) in [4.78, 5) is 3.51. The fraction of sp³-hybridized carbons (Fsp3) is 0.857. The Balaban J connectivity index is 2.34. The summed E-state index contributed by atoms with van der Waals surface area (Å²) in [6.07, 6.45) is 1.26. The van der Waals surface area contributed by atoms with Crippen LogP contribution in [0.1, 0.15) is 13.3 Å². The third-order valence-corrected chi connectivity index (χ3v) is 3.04. The Morgan fingerprint density at radius 2 is 2.56 bits per heavy atom. The van der Waals surface area contributed by atoms with Crippen molar-refractivity contribution in [2.45, 2.75) is 19.4 Å². The molecule has 0 N–H and O–H groups in total. The Morgan fingerprint density at radius 3 is 3.00 bits per heavy atom. The first kappa shape index (κ1) is 6.95. The zero-order chi connectivity index (χ0) is 6.69. The smallest absolute Gasteiger partial charge is 0.224 e. The Kier molecular flexibility index (Phi) is 2.41. The van der Waals surface area contributed by atoms with Crippen LogP contribution >= 0.6 is 11.8 Å². The van der Waals surface area contributed by atoms with Crippen LogP contribution in [-0.2, 0) is 0 Å². The van der Waals surface area contributed by atoms with E-state index in [1.807, 2.05) is 18.7 Å². The van der Waals surface area contributed by atoms with Crippen molar-refractivity contribution >= 4 is 11.8 Å². The van der Waals surface area contributed by atoms with E-state index < -0.39 is 0 Å². The van der Waals surface area contributed by atoms with E-state index >= 15 is 0 Å². The van der Waals surface area contributed by atoms with Gasteiger partial charge in [0.2, 0.25) is 6.04 Å². The van der Waals surface area contributed by atoms with Gasteiger partial charge in [-0.2, -0.15) is 11.8 Å². The molecule has 9 heavy (non-hydrogen) atoms. The molecule has 2 heteroatoms. The molecule has 1 rings (SSSR count). The van der Waals surface area contributed by atoms with Gasteiger partial charge in [-0.15, -0.1) is 0 Å². The molecule has 2 atom stereocenters. The van der Waals surface area contributed by atoms with Crippen LogP contribution in [0.25, 0.3) is 4.85 Å². The predicted octanol–water partition coefficient (Wildman–Crippen LogP) is 2.05. The first-order valence-electron chi connectivity index (χ1n) is 3.29. The highest BCUT2D eigenvalue weighted by atomic mass is 32.2. The van der Waals surface area contributed by atoms with Crippen molar-refractivity contribution in [3.8, 4) is 0 Å². The molecule has 0 aromatic rings. The van der Waals surface area contributed by atoms with E-state index in [-0.39, 0.29) is 6.04 Å². The van der Waals surface area contributed by atoms with Crippen LogP contribution in [0.4, 0.5) is 0 Å². The Hall–Kier alpha value is -0.160. The van der Waals surface area contributed by atoms with E-state index in [0.29, 0.717) is 5.92 Å². The molecule has 0 saturated carbocycles. The fourth-order valence-electron chi connectivity index (χ4n) is 1.04. The lowest BCUT2D eigenvalue weighted by Crippen LogP contribution is -2.11. The van der Waals surface area contributed by atoms with Gasteiger partial charge in [0.05, 0.1) is 0 Å². The van der Waals surface area contributed by atoms with E-state index in [9.17, 15) is 0 Å². The lowest BCUT2D eigenvalue weighted by Gasteiger charge is -2.04. The van der Waals surface area contributed by atoms with Crippen LogP contribution in [0, 0.1) is 12.5 Å². The monoisotopic (exact) mass is 141 g/mol. The van der Waals surface area contributed by atoms with Crippen molar-refractivity contribution < 1.29 is 0 Å². The van der Waals surface area contributed by atoms with Crippen LogP contribution in [0.15, 0.2) is 0 Å². The highest BCUT2D eigenvalue weighted by Gasteiger charge is 2.25. The molecule has 2 unspecified atom stereocenters. The highest BCUT2D eigenvalue weighted by Crippen LogP contribution is 2.27. The highest BCUT2D eigenvalue weighted by molar-refractivity contribution is 7.99. The normalized spacial score (nSPS) is 29.6. The Labute approximate surface area is 60.6 Å². The number of hydrogen-bond donors (Lipinski definition) is 0. The standard InChI is InChI=1S/C7H11NS/c1-6(8-2)7-3-4-9-5-7/h6-7H,3-5H2,1H3. The minimum absolute atomic E-state index is 0.264. The maximum absolute atomic E-state index is 6.79. The second-order valence-electron chi connectivity index (χ2n) is 2.49. The molecule has 1 heterocycles. The third-order valence-electron chi connectivity index (χ3n) is 1.85. The minimum Gasteiger partial charge on any atom is -0.314 e. The summed E-state index contributed by atoms with van der Waals surface area (Å²) >= 11 is 1.98. The number of thioether (sulfide) groups is 1. The molecular formula is C7H11NS. The van der Waals surface area contributed by atoms with Crippen molar-refractivity contribution in [2.24, 2.45) is 5.92 Å². The van der Waals surface area contributed by atoms with Gasteiger partial charge in [-0.1, -0.05) is 0 Å². The van der Waals surface area contributed by atoms with Gasteiger partial charge < -0.3 is 4.85 Å². The molecule has 0 radical (unpaired) electrons. The van der Waals surface area contributed by atoms with Gasteiger partial charge in [-0.05, 0) is 12.2 Å². The molecular weight excluding hydrogens is 130 g/mol. The maximum Gasteiger partial charge on any atom is 0.224 e. The van der Waals surface area contributed by atoms with Crippen molar-refractivity contribution in [1.82, 2.24) is 0 Å². The molecule has 1 nitrogen and oxygen atoms in total. The lowest BCUT2D eigenvalue weighted by molar-refractivity contribution is 0.546. The van der Waals surface area contributed by atoms with E-state index in [4.69, 9.17) is 6.57 Å². The van der Waals surface area contributed by atoms with E-state index in [2.05, 4.69) is 4.85 Å². The van der Waals surface area contributed by atoms with Gasteiger partial charge in [0.25, 0.3) is 0 Å². The predicted molar refractivity (Wildman–Crippen MR) is 41.5 cm³/mol. The number of rotatable bonds is 1. The third kappa shape index (κ3) is 1.62. The first-order valence-corrected chi connectivity index (χ1v) is 4.44. The van der Waals surface area contributed by atoms with Gasteiger partial charge in [0.15, 0.2) is 0 Å². The summed E-state index contributed by atoms with van der Waals surface area (Å²) < 4.78 is 0. The summed E-state index contributed by atoms with van der Waals surface area (Å²) in [5.41, 5.74) is 0. The van der Waals surface area contributed by atoms with Crippen LogP contribution < -0.4 is 0 Å². The largest absolute Gasteiger partial charge is 0.314 e. The molecule has 1 fully saturated rings. The molecule has 50 valence electrons. The average Bonchev–Trinajstić information content (AvgIpc) is 2.37. The zero-order valence-corrected chi connectivity index (χ0v) is 6.45. The summed E-state index contributed by atoms with van der Waals surface area (Å²) in [6, 6.07) is 0.264. The maximum atomic E-state index is 6.79. The lowest BCUT2D eigenvalue weighted by atomic mass is 10.0. The Morgan fingerprint density at radius 1 is 1.78 bits per heavy atom. The summed E-state index contributed by atoms with van der Waals surface area (Å²) in [6.45, 7) is 8.82. The van der Waals surface area contributed by atoms with Crippen molar-refractivity contribution in [2.75, 3.05) is 11.5 Å². The number of nitrogens with zero attached hydrogens (tertiary/aromatic N) is 1. The molecule has 0 aromatic heterocycles. The molecule has 0 bridgehead atoms. The van der Waals surface area contributed by atoms with Crippen LogP contribution in [0.5, 0.6) is 0 Å². The topological polar surface area (TPSA) is 4.36 Å². The number of hydrogen-bond acceptors (Lipinski definition) is 1. The van der Waals surface area contributed by atoms with Crippen molar-refractivity contribution in [3.05, 3.63) is 11.4 Å². The molecule has 0 aliphatic carbocycles. The van der Waals surface area contributed by atoms with Crippen molar-refractivity contribution in [1.29, 1.82) is 0 Å². The summed E-state index contributed by atoms with van der Waals surface area (Å²) in [7, 11) is 0. The Bertz CT molecular complexity index is 121. The molecule has 0 spiro atoms. The minimum atomic E-state index is 0.264. The van der Waals surface area contributed by atoms with Crippen molar-refractivity contribution in [3.63, 3.8) is 0 Å². The fourth-order valence-corrected chi connectivity index (χ4v) is 2.42. The zero-order valence-electron chi connectivity index (χ0n) is 5.63.